The third-order valence-electron chi connectivity index (χ3n) is 4.32. The second-order valence-corrected chi connectivity index (χ2v) is 5.96. The summed E-state index contributed by atoms with van der Waals surface area (Å²) < 4.78 is 5.58. The van der Waals surface area contributed by atoms with E-state index in [1.807, 2.05) is 42.5 Å². The standard InChI is InChI=1S/C22H21NO2/c1-25-21-13-12-18(22(23)24)19(14-16-8-4-2-5-9-16)20(21)15-17-10-6-3-7-11-17/h2-13H,14-15H2,1H3,(H2,23,24). The van der Waals surface area contributed by atoms with Gasteiger partial charge in [0.05, 0.1) is 7.11 Å². The molecule has 0 radical (unpaired) electrons. The van der Waals surface area contributed by atoms with Crippen LogP contribution in [-0.4, -0.2) is 13.0 Å². The van der Waals surface area contributed by atoms with Gasteiger partial charge in [0.1, 0.15) is 5.75 Å². The van der Waals surface area contributed by atoms with Crippen LogP contribution in [0, 0.1) is 0 Å². The third-order valence-corrected chi connectivity index (χ3v) is 4.32. The first-order chi connectivity index (χ1) is 12.2. The molecule has 0 saturated heterocycles. The molecule has 1 amide bonds. The van der Waals surface area contributed by atoms with Crippen LogP contribution < -0.4 is 10.5 Å². The second-order valence-electron chi connectivity index (χ2n) is 5.96. The minimum absolute atomic E-state index is 0.414. The van der Waals surface area contributed by atoms with Crippen LogP contribution in [0.5, 0.6) is 5.75 Å². The molecule has 0 aliphatic carbocycles. The van der Waals surface area contributed by atoms with Crippen molar-refractivity contribution in [1.82, 2.24) is 0 Å². The van der Waals surface area contributed by atoms with Crippen LogP contribution in [0.3, 0.4) is 0 Å². The average molecular weight is 331 g/mol. The number of methoxy groups -OCH3 is 1. The highest BCUT2D eigenvalue weighted by atomic mass is 16.5. The van der Waals surface area contributed by atoms with E-state index in [1.165, 1.54) is 0 Å². The van der Waals surface area contributed by atoms with E-state index in [0.29, 0.717) is 18.4 Å². The van der Waals surface area contributed by atoms with Crippen molar-refractivity contribution in [3.63, 3.8) is 0 Å². The Balaban J connectivity index is 2.12. The molecule has 2 N–H and O–H groups in total. The first-order valence-electron chi connectivity index (χ1n) is 8.25. The van der Waals surface area contributed by atoms with Crippen molar-refractivity contribution in [3.8, 4) is 5.75 Å². The molecule has 0 fully saturated rings. The van der Waals surface area contributed by atoms with Crippen molar-refractivity contribution in [2.24, 2.45) is 5.73 Å². The molecule has 0 aliphatic heterocycles. The van der Waals surface area contributed by atoms with E-state index in [9.17, 15) is 4.79 Å². The van der Waals surface area contributed by atoms with Crippen molar-refractivity contribution >= 4 is 5.91 Å². The zero-order chi connectivity index (χ0) is 17.6. The summed E-state index contributed by atoms with van der Waals surface area (Å²) >= 11 is 0. The van der Waals surface area contributed by atoms with Crippen molar-refractivity contribution in [3.05, 3.63) is 101 Å². The Bertz CT molecular complexity index is 858. The van der Waals surface area contributed by atoms with E-state index in [4.69, 9.17) is 10.5 Å². The van der Waals surface area contributed by atoms with Crippen LogP contribution in [0.4, 0.5) is 0 Å². The number of carbonyl (C=O) groups is 1. The molecule has 0 unspecified atom stereocenters. The Kier molecular flexibility index (Phi) is 5.14. The van der Waals surface area contributed by atoms with Gasteiger partial charge in [0.25, 0.3) is 0 Å². The lowest BCUT2D eigenvalue weighted by Gasteiger charge is -2.17. The number of nitrogens with two attached hydrogens (primary N) is 1. The van der Waals surface area contributed by atoms with Gasteiger partial charge in [-0.1, -0.05) is 60.7 Å². The molecule has 3 aromatic carbocycles. The minimum Gasteiger partial charge on any atom is -0.496 e. The Morgan fingerprint density at radius 2 is 1.32 bits per heavy atom. The average Bonchev–Trinajstić information content (AvgIpc) is 2.64. The lowest BCUT2D eigenvalue weighted by Crippen LogP contribution is -2.16. The predicted molar refractivity (Wildman–Crippen MR) is 100 cm³/mol. The molecule has 0 atom stereocenters. The molecule has 3 rings (SSSR count). The number of benzene rings is 3. The Hall–Kier alpha value is -3.07. The molecule has 3 aromatic rings. The molecular weight excluding hydrogens is 310 g/mol. The summed E-state index contributed by atoms with van der Waals surface area (Å²) in [6.45, 7) is 0. The smallest absolute Gasteiger partial charge is 0.249 e. The normalized spacial score (nSPS) is 10.4. The largest absolute Gasteiger partial charge is 0.496 e. The van der Waals surface area contributed by atoms with Gasteiger partial charge >= 0.3 is 0 Å². The van der Waals surface area contributed by atoms with Crippen LogP contribution in [-0.2, 0) is 12.8 Å². The zero-order valence-electron chi connectivity index (χ0n) is 14.2. The minimum atomic E-state index is -0.414. The Morgan fingerprint density at radius 1 is 0.800 bits per heavy atom. The zero-order valence-corrected chi connectivity index (χ0v) is 14.2. The highest BCUT2D eigenvalue weighted by Crippen LogP contribution is 2.30. The molecular formula is C22H21NO2. The number of carbonyl (C=O) groups excluding carboxylic acids is 1. The molecule has 3 nitrogen and oxygen atoms in total. The monoisotopic (exact) mass is 331 g/mol. The van der Waals surface area contributed by atoms with Gasteiger partial charge in [-0.05, 0) is 35.2 Å². The van der Waals surface area contributed by atoms with Gasteiger partial charge < -0.3 is 10.5 Å². The molecule has 126 valence electrons. The maximum absolute atomic E-state index is 12.0. The fourth-order valence-electron chi connectivity index (χ4n) is 3.09. The molecule has 0 heterocycles. The summed E-state index contributed by atoms with van der Waals surface area (Å²) in [5.74, 6) is 0.364. The molecule has 0 bridgehead atoms. The van der Waals surface area contributed by atoms with Crippen molar-refractivity contribution in [2.45, 2.75) is 12.8 Å². The van der Waals surface area contributed by atoms with Crippen molar-refractivity contribution < 1.29 is 9.53 Å². The maximum atomic E-state index is 12.0. The number of hydrogen-bond donors (Lipinski definition) is 1. The SMILES string of the molecule is COc1ccc(C(N)=O)c(Cc2ccccc2)c1Cc1ccccc1. The van der Waals surface area contributed by atoms with Gasteiger partial charge in [-0.15, -0.1) is 0 Å². The van der Waals surface area contributed by atoms with Gasteiger partial charge in [0, 0.05) is 17.5 Å². The molecule has 0 aromatic heterocycles. The number of rotatable bonds is 6. The lowest BCUT2D eigenvalue weighted by atomic mass is 9.90. The first kappa shape index (κ1) is 16.8. The summed E-state index contributed by atoms with van der Waals surface area (Å²) in [6.07, 6.45) is 1.33. The van der Waals surface area contributed by atoms with E-state index >= 15 is 0 Å². The van der Waals surface area contributed by atoms with Gasteiger partial charge in [0.2, 0.25) is 5.91 Å². The molecule has 0 spiro atoms. The van der Waals surface area contributed by atoms with Crippen LogP contribution in [0.25, 0.3) is 0 Å². The van der Waals surface area contributed by atoms with Crippen molar-refractivity contribution in [2.75, 3.05) is 7.11 Å². The summed E-state index contributed by atoms with van der Waals surface area (Å²) in [4.78, 5) is 12.0. The topological polar surface area (TPSA) is 52.3 Å². The van der Waals surface area contributed by atoms with Crippen LogP contribution in [0.15, 0.2) is 72.8 Å². The summed E-state index contributed by atoms with van der Waals surface area (Å²) in [6, 6.07) is 23.8. The van der Waals surface area contributed by atoms with E-state index in [2.05, 4.69) is 24.3 Å². The second kappa shape index (κ2) is 7.67. The highest BCUT2D eigenvalue weighted by molar-refractivity contribution is 5.95. The van der Waals surface area contributed by atoms with E-state index < -0.39 is 5.91 Å². The summed E-state index contributed by atoms with van der Waals surface area (Å²) in [7, 11) is 1.65. The maximum Gasteiger partial charge on any atom is 0.249 e. The van der Waals surface area contributed by atoms with Gasteiger partial charge in [0.15, 0.2) is 0 Å². The molecule has 3 heteroatoms. The highest BCUT2D eigenvalue weighted by Gasteiger charge is 2.18. The van der Waals surface area contributed by atoms with Gasteiger partial charge in [-0.3, -0.25) is 4.79 Å². The van der Waals surface area contributed by atoms with Crippen LogP contribution in [0.2, 0.25) is 0 Å². The fraction of sp³-hybridized carbons (Fsp3) is 0.136. The van der Waals surface area contributed by atoms with E-state index in [-0.39, 0.29) is 0 Å². The molecule has 0 aliphatic rings. The van der Waals surface area contributed by atoms with Gasteiger partial charge in [-0.2, -0.15) is 0 Å². The molecule has 0 saturated carbocycles. The van der Waals surface area contributed by atoms with Crippen LogP contribution >= 0.6 is 0 Å². The predicted octanol–water partition coefficient (Wildman–Crippen LogP) is 3.98. The number of amides is 1. The van der Waals surface area contributed by atoms with E-state index in [1.54, 1.807) is 13.2 Å². The number of primary amides is 1. The van der Waals surface area contributed by atoms with E-state index in [0.717, 1.165) is 28.0 Å². The first-order valence-corrected chi connectivity index (χ1v) is 8.25. The van der Waals surface area contributed by atoms with Crippen molar-refractivity contribution in [1.29, 1.82) is 0 Å². The summed E-state index contributed by atoms with van der Waals surface area (Å²) in [5, 5.41) is 0. The fourth-order valence-corrected chi connectivity index (χ4v) is 3.09. The third kappa shape index (κ3) is 3.89. The lowest BCUT2D eigenvalue weighted by molar-refractivity contribution is 0.0999. The summed E-state index contributed by atoms with van der Waals surface area (Å²) in [5.41, 5.74) is 10.4. The van der Waals surface area contributed by atoms with Gasteiger partial charge in [-0.25, -0.2) is 0 Å². The Labute approximate surface area is 148 Å². The quantitative estimate of drug-likeness (QED) is 0.743. The van der Waals surface area contributed by atoms with Crippen LogP contribution in [0.1, 0.15) is 32.6 Å². The molecule has 25 heavy (non-hydrogen) atoms. The Morgan fingerprint density at radius 3 is 1.80 bits per heavy atom. The number of ether oxygens (including phenoxy) is 1. The number of hydrogen-bond acceptors (Lipinski definition) is 2.